The average molecular weight is 294 g/mol. The van der Waals surface area contributed by atoms with E-state index in [1.165, 1.54) is 6.33 Å². The van der Waals surface area contributed by atoms with Gasteiger partial charge in [0, 0.05) is 18.6 Å². The standard InChI is InChI=1S/C13H16ClN5O/c1-19(7-9-5-3-4-6-10(9)14)13-11(20-2)12(18-15)16-8-17-13/h3-6,8H,7,15H2,1-2H3,(H,16,17,18). The number of nitrogen functional groups attached to an aromatic ring is 1. The Bertz CT molecular complexity index is 593. The van der Waals surface area contributed by atoms with E-state index in [2.05, 4.69) is 15.4 Å². The Morgan fingerprint density at radius 3 is 2.75 bits per heavy atom. The Morgan fingerprint density at radius 1 is 1.35 bits per heavy atom. The van der Waals surface area contributed by atoms with Gasteiger partial charge in [-0.15, -0.1) is 0 Å². The Hall–Kier alpha value is -2.05. The second kappa shape index (κ2) is 6.40. The topological polar surface area (TPSA) is 76.3 Å². The zero-order valence-electron chi connectivity index (χ0n) is 11.3. The van der Waals surface area contributed by atoms with E-state index in [-0.39, 0.29) is 0 Å². The first-order chi connectivity index (χ1) is 9.67. The number of nitrogens with zero attached hydrogens (tertiary/aromatic N) is 3. The highest BCUT2D eigenvalue weighted by Crippen LogP contribution is 2.31. The van der Waals surface area contributed by atoms with E-state index < -0.39 is 0 Å². The molecule has 1 heterocycles. The number of nitrogens with two attached hydrogens (primary N) is 1. The van der Waals surface area contributed by atoms with Gasteiger partial charge in [-0.05, 0) is 11.6 Å². The minimum absolute atomic E-state index is 0.434. The zero-order valence-corrected chi connectivity index (χ0v) is 12.1. The van der Waals surface area contributed by atoms with Crippen molar-refractivity contribution in [3.8, 4) is 5.75 Å². The third-order valence-electron chi connectivity index (χ3n) is 2.85. The van der Waals surface area contributed by atoms with Crippen LogP contribution < -0.4 is 20.9 Å². The smallest absolute Gasteiger partial charge is 0.205 e. The van der Waals surface area contributed by atoms with E-state index in [0.717, 1.165) is 5.56 Å². The highest BCUT2D eigenvalue weighted by Gasteiger charge is 2.16. The van der Waals surface area contributed by atoms with Crippen LogP contribution in [0, 0.1) is 0 Å². The van der Waals surface area contributed by atoms with Crippen LogP contribution in [0.25, 0.3) is 0 Å². The van der Waals surface area contributed by atoms with Crippen molar-refractivity contribution >= 4 is 23.2 Å². The summed E-state index contributed by atoms with van der Waals surface area (Å²) >= 11 is 6.16. The van der Waals surface area contributed by atoms with Crippen LogP contribution in [0.3, 0.4) is 0 Å². The number of hydrogen-bond donors (Lipinski definition) is 2. The monoisotopic (exact) mass is 293 g/mol. The number of rotatable bonds is 5. The second-order valence-corrected chi connectivity index (χ2v) is 4.58. The highest BCUT2D eigenvalue weighted by molar-refractivity contribution is 6.31. The summed E-state index contributed by atoms with van der Waals surface area (Å²) in [5.41, 5.74) is 3.49. The molecule has 2 aromatic rings. The highest BCUT2D eigenvalue weighted by atomic mass is 35.5. The number of aromatic nitrogens is 2. The molecule has 0 bridgehead atoms. The van der Waals surface area contributed by atoms with Crippen LogP contribution in [0.1, 0.15) is 5.56 Å². The Kier molecular flexibility index (Phi) is 4.60. The molecule has 2 rings (SSSR count). The quantitative estimate of drug-likeness (QED) is 0.649. The van der Waals surface area contributed by atoms with Crippen LogP contribution in [0.2, 0.25) is 5.02 Å². The van der Waals surface area contributed by atoms with Gasteiger partial charge in [0.1, 0.15) is 6.33 Å². The maximum atomic E-state index is 6.16. The molecule has 0 radical (unpaired) electrons. The normalized spacial score (nSPS) is 10.2. The summed E-state index contributed by atoms with van der Waals surface area (Å²) in [5, 5.41) is 0.713. The van der Waals surface area contributed by atoms with Gasteiger partial charge in [-0.1, -0.05) is 29.8 Å². The van der Waals surface area contributed by atoms with E-state index in [1.807, 2.05) is 36.2 Å². The van der Waals surface area contributed by atoms with Crippen molar-refractivity contribution in [3.05, 3.63) is 41.2 Å². The molecule has 1 aromatic heterocycles. The van der Waals surface area contributed by atoms with E-state index in [9.17, 15) is 0 Å². The predicted molar refractivity (Wildman–Crippen MR) is 80.0 cm³/mol. The largest absolute Gasteiger partial charge is 0.490 e. The van der Waals surface area contributed by atoms with E-state index >= 15 is 0 Å². The number of nitrogens with one attached hydrogen (secondary N) is 1. The first-order valence-electron chi connectivity index (χ1n) is 5.97. The number of ether oxygens (including phenoxy) is 1. The lowest BCUT2D eigenvalue weighted by Crippen LogP contribution is -2.20. The molecule has 7 heteroatoms. The van der Waals surface area contributed by atoms with Gasteiger partial charge in [0.15, 0.2) is 11.6 Å². The zero-order chi connectivity index (χ0) is 14.5. The van der Waals surface area contributed by atoms with E-state index in [0.29, 0.717) is 29.0 Å². The number of hydrazine groups is 1. The van der Waals surface area contributed by atoms with Gasteiger partial charge >= 0.3 is 0 Å². The summed E-state index contributed by atoms with van der Waals surface area (Å²) in [6.07, 6.45) is 1.43. The molecule has 3 N–H and O–H groups in total. The fraction of sp³-hybridized carbons (Fsp3) is 0.231. The summed E-state index contributed by atoms with van der Waals surface area (Å²) in [4.78, 5) is 10.2. The Labute approximate surface area is 122 Å². The van der Waals surface area contributed by atoms with Crippen LogP contribution in [0.15, 0.2) is 30.6 Å². The van der Waals surface area contributed by atoms with Crippen molar-refractivity contribution in [1.82, 2.24) is 9.97 Å². The van der Waals surface area contributed by atoms with Crippen LogP contribution in [-0.2, 0) is 6.54 Å². The van der Waals surface area contributed by atoms with Gasteiger partial charge in [-0.25, -0.2) is 15.8 Å². The summed E-state index contributed by atoms with van der Waals surface area (Å²) in [6.45, 7) is 0.594. The van der Waals surface area contributed by atoms with Crippen LogP contribution in [0.5, 0.6) is 5.75 Å². The third kappa shape index (κ3) is 2.92. The minimum Gasteiger partial charge on any atom is -0.490 e. The lowest BCUT2D eigenvalue weighted by molar-refractivity contribution is 0.412. The molecule has 0 aliphatic heterocycles. The maximum absolute atomic E-state index is 6.16. The van der Waals surface area contributed by atoms with Gasteiger partial charge in [0.25, 0.3) is 0 Å². The first kappa shape index (κ1) is 14.4. The Morgan fingerprint density at radius 2 is 2.10 bits per heavy atom. The van der Waals surface area contributed by atoms with Crippen molar-refractivity contribution in [2.45, 2.75) is 6.54 Å². The van der Waals surface area contributed by atoms with Crippen LogP contribution in [-0.4, -0.2) is 24.1 Å². The maximum Gasteiger partial charge on any atom is 0.205 e. The van der Waals surface area contributed by atoms with Crippen LogP contribution >= 0.6 is 11.6 Å². The van der Waals surface area contributed by atoms with Crippen molar-refractivity contribution in [3.63, 3.8) is 0 Å². The number of methoxy groups -OCH3 is 1. The van der Waals surface area contributed by atoms with Crippen molar-refractivity contribution in [2.24, 2.45) is 5.84 Å². The molecule has 0 aliphatic rings. The molecule has 0 amide bonds. The summed E-state index contributed by atoms with van der Waals surface area (Å²) in [6, 6.07) is 7.66. The number of benzene rings is 1. The molecule has 106 valence electrons. The molecule has 0 saturated heterocycles. The molecule has 0 unspecified atom stereocenters. The molecule has 1 aromatic carbocycles. The van der Waals surface area contributed by atoms with E-state index in [1.54, 1.807) is 7.11 Å². The first-order valence-corrected chi connectivity index (χ1v) is 6.35. The fourth-order valence-electron chi connectivity index (χ4n) is 1.88. The van der Waals surface area contributed by atoms with Crippen molar-refractivity contribution in [2.75, 3.05) is 24.5 Å². The predicted octanol–water partition coefficient (Wildman–Crippen LogP) is 2.06. The Balaban J connectivity index is 2.30. The lowest BCUT2D eigenvalue weighted by atomic mass is 10.2. The molecule has 0 atom stereocenters. The summed E-state index contributed by atoms with van der Waals surface area (Å²) in [5.74, 6) is 6.97. The summed E-state index contributed by atoms with van der Waals surface area (Å²) in [7, 11) is 3.45. The average Bonchev–Trinajstić information content (AvgIpc) is 2.48. The molecule has 20 heavy (non-hydrogen) atoms. The molecule has 6 nitrogen and oxygen atoms in total. The van der Waals surface area contributed by atoms with Gasteiger partial charge in [0.05, 0.1) is 7.11 Å². The van der Waals surface area contributed by atoms with Gasteiger partial charge in [0.2, 0.25) is 5.75 Å². The molecule has 0 spiro atoms. The number of anilines is 2. The van der Waals surface area contributed by atoms with Gasteiger partial charge < -0.3 is 15.1 Å². The molecule has 0 aliphatic carbocycles. The van der Waals surface area contributed by atoms with Gasteiger partial charge in [-0.3, -0.25) is 0 Å². The van der Waals surface area contributed by atoms with Crippen molar-refractivity contribution < 1.29 is 4.74 Å². The molecular formula is C13H16ClN5O. The SMILES string of the molecule is COc1c(NN)ncnc1N(C)Cc1ccccc1Cl. The molecular weight excluding hydrogens is 278 g/mol. The van der Waals surface area contributed by atoms with Crippen molar-refractivity contribution in [1.29, 1.82) is 0 Å². The van der Waals surface area contributed by atoms with Crippen LogP contribution in [0.4, 0.5) is 11.6 Å². The van der Waals surface area contributed by atoms with Gasteiger partial charge in [-0.2, -0.15) is 0 Å². The fourth-order valence-corrected chi connectivity index (χ4v) is 2.08. The molecule has 0 fully saturated rings. The molecule has 0 saturated carbocycles. The summed E-state index contributed by atoms with van der Waals surface area (Å²) < 4.78 is 5.31. The third-order valence-corrected chi connectivity index (χ3v) is 3.22. The number of hydrogen-bond acceptors (Lipinski definition) is 6. The number of halogens is 1. The minimum atomic E-state index is 0.434. The lowest BCUT2D eigenvalue weighted by Gasteiger charge is -2.21. The van der Waals surface area contributed by atoms with E-state index in [4.69, 9.17) is 22.2 Å². The second-order valence-electron chi connectivity index (χ2n) is 4.17.